The van der Waals surface area contributed by atoms with E-state index in [0.717, 1.165) is 15.3 Å². The first-order valence-electron chi connectivity index (χ1n) is 6.12. The molecule has 0 aliphatic carbocycles. The number of hydrogen-bond acceptors (Lipinski definition) is 4. The molecule has 0 aliphatic rings. The summed E-state index contributed by atoms with van der Waals surface area (Å²) in [7, 11) is 1.81. The number of rotatable bonds is 4. The van der Waals surface area contributed by atoms with Crippen molar-refractivity contribution in [3.8, 4) is 11.8 Å². The summed E-state index contributed by atoms with van der Waals surface area (Å²) in [6.07, 6.45) is 0.455. The van der Waals surface area contributed by atoms with Crippen LogP contribution in [0.15, 0.2) is 29.0 Å². The van der Waals surface area contributed by atoms with E-state index in [0.29, 0.717) is 13.0 Å². The minimum atomic E-state index is -0.135. The van der Waals surface area contributed by atoms with Crippen molar-refractivity contribution in [1.29, 1.82) is 0 Å². The molecule has 2 aromatic heterocycles. The van der Waals surface area contributed by atoms with Crippen LogP contribution in [0.5, 0.6) is 0 Å². The van der Waals surface area contributed by atoms with Crippen molar-refractivity contribution in [3.05, 3.63) is 44.3 Å². The maximum atomic E-state index is 12.1. The van der Waals surface area contributed by atoms with Gasteiger partial charge in [-0.25, -0.2) is 0 Å². The van der Waals surface area contributed by atoms with Gasteiger partial charge in [-0.1, -0.05) is 17.9 Å². The number of carbonyl (C=O) groups is 1. The third-order valence-corrected chi connectivity index (χ3v) is 4.49. The molecule has 0 radical (unpaired) electrons. The molecule has 0 saturated carbocycles. The van der Waals surface area contributed by atoms with Gasteiger partial charge in [-0.2, -0.15) is 0 Å². The largest absolute Gasteiger partial charge is 0.384 e. The zero-order valence-electron chi connectivity index (χ0n) is 11.1. The Balaban J connectivity index is 1.92. The van der Waals surface area contributed by atoms with Crippen LogP contribution in [-0.2, 0) is 17.8 Å². The molecule has 0 unspecified atom stereocenters. The smallest absolute Gasteiger partial charge is 0.227 e. The molecule has 1 amide bonds. The molecule has 0 aromatic carbocycles. The molecule has 0 atom stereocenters. The SMILES string of the molecule is CN(Cc1cc(C#CCO)cs1)C(=O)Cc1cccs1. The van der Waals surface area contributed by atoms with Crippen molar-refractivity contribution in [2.45, 2.75) is 13.0 Å². The second-order valence-corrected chi connectivity index (χ2v) is 6.30. The van der Waals surface area contributed by atoms with E-state index >= 15 is 0 Å². The van der Waals surface area contributed by atoms with E-state index < -0.39 is 0 Å². The molecule has 0 aliphatic heterocycles. The van der Waals surface area contributed by atoms with Crippen molar-refractivity contribution in [2.24, 2.45) is 0 Å². The van der Waals surface area contributed by atoms with Gasteiger partial charge in [0.1, 0.15) is 6.61 Å². The highest BCUT2D eigenvalue weighted by atomic mass is 32.1. The molecule has 1 N–H and O–H groups in total. The molecule has 0 fully saturated rings. The molecule has 5 heteroatoms. The normalized spacial score (nSPS) is 9.90. The van der Waals surface area contributed by atoms with Gasteiger partial charge < -0.3 is 10.0 Å². The molecule has 2 rings (SSSR count). The van der Waals surface area contributed by atoms with E-state index in [4.69, 9.17) is 5.11 Å². The average molecular weight is 305 g/mol. The zero-order chi connectivity index (χ0) is 14.4. The van der Waals surface area contributed by atoms with E-state index in [-0.39, 0.29) is 12.5 Å². The van der Waals surface area contributed by atoms with Gasteiger partial charge in [-0.3, -0.25) is 4.79 Å². The molecule has 0 saturated heterocycles. The number of carbonyl (C=O) groups excluding carboxylic acids is 1. The van der Waals surface area contributed by atoms with Gasteiger partial charge in [0.05, 0.1) is 13.0 Å². The van der Waals surface area contributed by atoms with E-state index in [9.17, 15) is 4.79 Å². The summed E-state index contributed by atoms with van der Waals surface area (Å²) in [5.74, 6) is 5.59. The molecule has 0 bridgehead atoms. The third-order valence-electron chi connectivity index (χ3n) is 2.69. The number of aliphatic hydroxyl groups excluding tert-OH is 1. The van der Waals surface area contributed by atoms with Crippen LogP contribution in [0.4, 0.5) is 0 Å². The number of nitrogens with zero attached hydrogens (tertiary/aromatic N) is 1. The molecule has 20 heavy (non-hydrogen) atoms. The Hall–Kier alpha value is -1.61. The molecule has 3 nitrogen and oxygen atoms in total. The first kappa shape index (κ1) is 14.8. The van der Waals surface area contributed by atoms with Gasteiger partial charge in [-0.05, 0) is 17.5 Å². The zero-order valence-corrected chi connectivity index (χ0v) is 12.8. The highest BCUT2D eigenvalue weighted by Gasteiger charge is 2.11. The molecule has 0 spiro atoms. The Labute approximate surface area is 126 Å². The lowest BCUT2D eigenvalue weighted by atomic mass is 10.3. The molecule has 2 heterocycles. The first-order chi connectivity index (χ1) is 9.69. The van der Waals surface area contributed by atoms with Gasteiger partial charge >= 0.3 is 0 Å². The Bertz CT molecular complexity index is 620. The maximum absolute atomic E-state index is 12.1. The second-order valence-electron chi connectivity index (χ2n) is 4.27. The van der Waals surface area contributed by atoms with E-state index in [1.165, 1.54) is 0 Å². The predicted octanol–water partition coefficient (Wildman–Crippen LogP) is 2.35. The van der Waals surface area contributed by atoms with Crippen LogP contribution in [0.25, 0.3) is 0 Å². The minimum absolute atomic E-state index is 0.115. The van der Waals surface area contributed by atoms with E-state index in [1.807, 2.05) is 36.0 Å². The van der Waals surface area contributed by atoms with Crippen molar-refractivity contribution in [1.82, 2.24) is 4.90 Å². The fourth-order valence-electron chi connectivity index (χ4n) is 1.69. The molecule has 104 valence electrons. The van der Waals surface area contributed by atoms with Crippen LogP contribution in [0.2, 0.25) is 0 Å². The van der Waals surface area contributed by atoms with Crippen LogP contribution < -0.4 is 0 Å². The quantitative estimate of drug-likeness (QED) is 0.881. The Morgan fingerprint density at radius 1 is 1.40 bits per heavy atom. The number of amides is 1. The van der Waals surface area contributed by atoms with E-state index in [1.54, 1.807) is 27.6 Å². The van der Waals surface area contributed by atoms with Crippen molar-refractivity contribution >= 4 is 28.6 Å². The van der Waals surface area contributed by atoms with Crippen LogP contribution >= 0.6 is 22.7 Å². The van der Waals surface area contributed by atoms with Gasteiger partial charge in [0.2, 0.25) is 5.91 Å². The fraction of sp³-hybridized carbons (Fsp3) is 0.267. The summed E-state index contributed by atoms with van der Waals surface area (Å²) in [5, 5.41) is 12.6. The Morgan fingerprint density at radius 3 is 2.95 bits per heavy atom. The van der Waals surface area contributed by atoms with Gasteiger partial charge in [0, 0.05) is 27.7 Å². The van der Waals surface area contributed by atoms with Crippen molar-refractivity contribution in [3.63, 3.8) is 0 Å². The summed E-state index contributed by atoms with van der Waals surface area (Å²) >= 11 is 3.18. The summed E-state index contributed by atoms with van der Waals surface area (Å²) in [6.45, 7) is 0.458. The Morgan fingerprint density at radius 2 is 2.25 bits per heavy atom. The molecular weight excluding hydrogens is 290 g/mol. The van der Waals surface area contributed by atoms with Crippen molar-refractivity contribution in [2.75, 3.05) is 13.7 Å². The Kier molecular flexibility index (Phi) is 5.36. The number of likely N-dealkylation sites (N-methyl/N-ethyl adjacent to an activating group) is 1. The molecule has 2 aromatic rings. The monoisotopic (exact) mass is 305 g/mol. The summed E-state index contributed by atoms with van der Waals surface area (Å²) in [4.78, 5) is 16.0. The second kappa shape index (κ2) is 7.25. The predicted molar refractivity (Wildman–Crippen MR) is 82.8 cm³/mol. The standard InChI is InChI=1S/C15H15NO2S2/c1-16(15(18)9-13-5-3-7-19-13)10-14-8-12(11-20-14)4-2-6-17/h3,5,7-8,11,17H,6,9-10H2,1H3. The number of hydrogen-bond donors (Lipinski definition) is 1. The summed E-state index contributed by atoms with van der Waals surface area (Å²) in [6, 6.07) is 5.89. The number of aliphatic hydroxyl groups is 1. The van der Waals surface area contributed by atoms with Gasteiger partial charge in [0.15, 0.2) is 0 Å². The van der Waals surface area contributed by atoms with E-state index in [2.05, 4.69) is 11.8 Å². The maximum Gasteiger partial charge on any atom is 0.227 e. The lowest BCUT2D eigenvalue weighted by Crippen LogP contribution is -2.27. The fourth-order valence-corrected chi connectivity index (χ4v) is 3.25. The third kappa shape index (κ3) is 4.20. The first-order valence-corrected chi connectivity index (χ1v) is 7.88. The van der Waals surface area contributed by atoms with Crippen molar-refractivity contribution < 1.29 is 9.90 Å². The summed E-state index contributed by atoms with van der Waals surface area (Å²) in [5.41, 5.74) is 0.887. The van der Waals surface area contributed by atoms with Gasteiger partial charge in [0.25, 0.3) is 0 Å². The van der Waals surface area contributed by atoms with Crippen LogP contribution in [0.1, 0.15) is 15.3 Å². The highest BCUT2D eigenvalue weighted by Crippen LogP contribution is 2.17. The lowest BCUT2D eigenvalue weighted by Gasteiger charge is -2.15. The number of thiophene rings is 2. The van der Waals surface area contributed by atoms with Gasteiger partial charge in [-0.15, -0.1) is 22.7 Å². The minimum Gasteiger partial charge on any atom is -0.384 e. The molecular formula is C15H15NO2S2. The topological polar surface area (TPSA) is 40.5 Å². The lowest BCUT2D eigenvalue weighted by molar-refractivity contribution is -0.129. The van der Waals surface area contributed by atoms with Crippen LogP contribution in [0.3, 0.4) is 0 Å². The highest BCUT2D eigenvalue weighted by molar-refractivity contribution is 7.10. The van der Waals surface area contributed by atoms with Crippen LogP contribution in [0, 0.1) is 11.8 Å². The summed E-state index contributed by atoms with van der Waals surface area (Å²) < 4.78 is 0. The average Bonchev–Trinajstić information content (AvgIpc) is 3.08. The van der Waals surface area contributed by atoms with Crippen LogP contribution in [-0.4, -0.2) is 29.6 Å².